The van der Waals surface area contributed by atoms with E-state index >= 15 is 0 Å². The highest BCUT2D eigenvalue weighted by Gasteiger charge is 2.21. The molecule has 1 heterocycles. The Morgan fingerprint density at radius 3 is 2.44 bits per heavy atom. The summed E-state index contributed by atoms with van der Waals surface area (Å²) in [6.45, 7) is 2.49. The Balaban J connectivity index is 1.66. The molecule has 136 valence electrons. The van der Waals surface area contributed by atoms with Gasteiger partial charge in [-0.2, -0.15) is 0 Å². The molecule has 0 atom stereocenters. The van der Waals surface area contributed by atoms with Gasteiger partial charge >= 0.3 is 0 Å². The molecule has 1 fully saturated rings. The summed E-state index contributed by atoms with van der Waals surface area (Å²) in [5, 5.41) is 3.09. The van der Waals surface area contributed by atoms with Gasteiger partial charge in [-0.3, -0.25) is 9.59 Å². The fraction of sp³-hybridized carbons (Fsp3) is 0.579. The number of rotatable bonds is 4. The van der Waals surface area contributed by atoms with Crippen molar-refractivity contribution in [1.29, 1.82) is 0 Å². The maximum absolute atomic E-state index is 12.4. The van der Waals surface area contributed by atoms with Crippen LogP contribution in [0, 0.1) is 0 Å². The highest BCUT2D eigenvalue weighted by molar-refractivity contribution is 5.97. The first kappa shape index (κ1) is 17.6. The highest BCUT2D eigenvalue weighted by Crippen LogP contribution is 2.34. The second kappa shape index (κ2) is 8.23. The van der Waals surface area contributed by atoms with E-state index in [2.05, 4.69) is 5.32 Å². The maximum Gasteiger partial charge on any atom is 0.240 e. The lowest BCUT2D eigenvalue weighted by Gasteiger charge is -2.25. The van der Waals surface area contributed by atoms with Crippen LogP contribution >= 0.6 is 0 Å². The largest absolute Gasteiger partial charge is 0.486 e. The van der Waals surface area contributed by atoms with E-state index in [0.29, 0.717) is 30.4 Å². The number of benzene rings is 1. The van der Waals surface area contributed by atoms with Crippen molar-refractivity contribution in [3.05, 3.63) is 18.2 Å². The summed E-state index contributed by atoms with van der Waals surface area (Å²) in [5.74, 6) is 0.991. The van der Waals surface area contributed by atoms with Gasteiger partial charge in [0.15, 0.2) is 11.5 Å². The summed E-state index contributed by atoms with van der Waals surface area (Å²) in [7, 11) is 0. The van der Waals surface area contributed by atoms with E-state index in [-0.39, 0.29) is 24.4 Å². The van der Waals surface area contributed by atoms with Crippen LogP contribution in [0.15, 0.2) is 18.2 Å². The number of anilines is 1. The number of nitrogens with zero attached hydrogens (tertiary/aromatic N) is 1. The summed E-state index contributed by atoms with van der Waals surface area (Å²) in [5.41, 5.74) is 0.646. The molecule has 2 aliphatic rings. The minimum Gasteiger partial charge on any atom is -0.486 e. The lowest BCUT2D eigenvalue weighted by Crippen LogP contribution is -2.43. The van der Waals surface area contributed by atoms with Crippen LogP contribution in [0.4, 0.5) is 5.69 Å². The third-order valence-corrected chi connectivity index (χ3v) is 4.74. The number of nitrogens with one attached hydrogen (secondary N) is 1. The number of hydrogen-bond acceptors (Lipinski definition) is 4. The van der Waals surface area contributed by atoms with Gasteiger partial charge in [0, 0.05) is 24.7 Å². The molecule has 3 rings (SSSR count). The van der Waals surface area contributed by atoms with Crippen molar-refractivity contribution < 1.29 is 19.1 Å². The van der Waals surface area contributed by atoms with E-state index in [1.165, 1.54) is 24.7 Å². The number of hydrogen-bond donors (Lipinski definition) is 1. The van der Waals surface area contributed by atoms with Crippen LogP contribution in [0.2, 0.25) is 0 Å². The number of amides is 2. The van der Waals surface area contributed by atoms with Crippen LogP contribution < -0.4 is 19.7 Å². The average molecular weight is 346 g/mol. The Morgan fingerprint density at radius 1 is 1.08 bits per heavy atom. The first-order valence-corrected chi connectivity index (χ1v) is 9.10. The van der Waals surface area contributed by atoms with Crippen molar-refractivity contribution >= 4 is 17.5 Å². The van der Waals surface area contributed by atoms with Crippen molar-refractivity contribution in [1.82, 2.24) is 5.32 Å². The molecular weight excluding hydrogens is 320 g/mol. The fourth-order valence-electron chi connectivity index (χ4n) is 3.42. The standard InChI is InChI=1S/C19H26N2O4/c1-14(22)21(13-19(23)20-15-6-4-2-3-5-7-15)16-8-9-17-18(12-16)25-11-10-24-17/h8-9,12,15H,2-7,10-11,13H2,1H3,(H,20,23). The normalized spacial score (nSPS) is 17.5. The van der Waals surface area contributed by atoms with E-state index in [4.69, 9.17) is 9.47 Å². The van der Waals surface area contributed by atoms with Crippen molar-refractivity contribution in [2.24, 2.45) is 0 Å². The lowest BCUT2D eigenvalue weighted by atomic mass is 10.1. The molecule has 1 aromatic carbocycles. The molecule has 1 saturated carbocycles. The van der Waals surface area contributed by atoms with E-state index in [1.54, 1.807) is 18.2 Å². The molecule has 2 amide bonds. The molecule has 1 aliphatic carbocycles. The smallest absolute Gasteiger partial charge is 0.240 e. The Hall–Kier alpha value is -2.24. The van der Waals surface area contributed by atoms with Gasteiger partial charge in [-0.1, -0.05) is 25.7 Å². The first-order valence-electron chi connectivity index (χ1n) is 9.10. The molecule has 0 radical (unpaired) electrons. The van der Waals surface area contributed by atoms with E-state index < -0.39 is 0 Å². The van der Waals surface area contributed by atoms with Gasteiger partial charge in [-0.15, -0.1) is 0 Å². The molecule has 1 aromatic rings. The fourth-order valence-corrected chi connectivity index (χ4v) is 3.42. The number of ether oxygens (including phenoxy) is 2. The van der Waals surface area contributed by atoms with Crippen LogP contribution in [0.5, 0.6) is 11.5 Å². The molecule has 0 unspecified atom stereocenters. The topological polar surface area (TPSA) is 67.9 Å². The number of carbonyl (C=O) groups is 2. The number of carbonyl (C=O) groups excluding carboxylic acids is 2. The van der Waals surface area contributed by atoms with Crippen LogP contribution in [0.1, 0.15) is 45.4 Å². The van der Waals surface area contributed by atoms with E-state index in [0.717, 1.165) is 25.7 Å². The average Bonchev–Trinajstić information content (AvgIpc) is 2.87. The van der Waals surface area contributed by atoms with Crippen LogP contribution in [0.25, 0.3) is 0 Å². The number of fused-ring (bicyclic) bond motifs is 1. The Kier molecular flexibility index (Phi) is 5.79. The van der Waals surface area contributed by atoms with E-state index in [9.17, 15) is 9.59 Å². The quantitative estimate of drug-likeness (QED) is 0.851. The third kappa shape index (κ3) is 4.65. The van der Waals surface area contributed by atoms with E-state index in [1.807, 2.05) is 0 Å². The predicted molar refractivity (Wildman–Crippen MR) is 95.1 cm³/mol. The third-order valence-electron chi connectivity index (χ3n) is 4.74. The SMILES string of the molecule is CC(=O)N(CC(=O)NC1CCCCCC1)c1ccc2c(c1)OCCO2. The highest BCUT2D eigenvalue weighted by atomic mass is 16.6. The zero-order valence-corrected chi connectivity index (χ0v) is 14.8. The maximum atomic E-state index is 12.4. The van der Waals surface area contributed by atoms with Gasteiger partial charge in [0.1, 0.15) is 19.8 Å². The van der Waals surface area contributed by atoms with Crippen molar-refractivity contribution in [3.63, 3.8) is 0 Å². The summed E-state index contributed by atoms with van der Waals surface area (Å²) in [4.78, 5) is 26.0. The van der Waals surface area contributed by atoms with Crippen LogP contribution in [0.3, 0.4) is 0 Å². The first-order chi connectivity index (χ1) is 12.1. The van der Waals surface area contributed by atoms with Gasteiger partial charge in [0.25, 0.3) is 0 Å². The summed E-state index contributed by atoms with van der Waals surface area (Å²) < 4.78 is 11.1. The zero-order chi connectivity index (χ0) is 17.6. The summed E-state index contributed by atoms with van der Waals surface area (Å²) >= 11 is 0. The minimum atomic E-state index is -0.173. The molecule has 25 heavy (non-hydrogen) atoms. The van der Waals surface area contributed by atoms with Crippen molar-refractivity contribution in [2.75, 3.05) is 24.7 Å². The monoisotopic (exact) mass is 346 g/mol. The second-order valence-corrected chi connectivity index (χ2v) is 6.69. The minimum absolute atomic E-state index is 0.0193. The van der Waals surface area contributed by atoms with Gasteiger partial charge < -0.3 is 19.7 Å². The van der Waals surface area contributed by atoms with Gasteiger partial charge in [-0.25, -0.2) is 0 Å². The summed E-state index contributed by atoms with van der Waals surface area (Å²) in [6.07, 6.45) is 6.84. The Labute approximate surface area is 148 Å². The summed E-state index contributed by atoms with van der Waals surface area (Å²) in [6, 6.07) is 5.55. The zero-order valence-electron chi connectivity index (χ0n) is 14.8. The van der Waals surface area contributed by atoms with Crippen molar-refractivity contribution in [2.45, 2.75) is 51.5 Å². The van der Waals surface area contributed by atoms with Gasteiger partial charge in [0.2, 0.25) is 11.8 Å². The molecule has 0 bridgehead atoms. The lowest BCUT2D eigenvalue weighted by molar-refractivity contribution is -0.123. The van der Waals surface area contributed by atoms with Crippen LogP contribution in [-0.2, 0) is 9.59 Å². The molecule has 6 nitrogen and oxygen atoms in total. The van der Waals surface area contributed by atoms with Crippen molar-refractivity contribution in [3.8, 4) is 11.5 Å². The molecule has 0 saturated heterocycles. The molecule has 0 spiro atoms. The second-order valence-electron chi connectivity index (χ2n) is 6.69. The van der Waals surface area contributed by atoms with Gasteiger partial charge in [-0.05, 0) is 25.0 Å². The molecule has 1 aliphatic heterocycles. The van der Waals surface area contributed by atoms with Gasteiger partial charge in [0.05, 0.1) is 0 Å². The molecule has 0 aromatic heterocycles. The molecular formula is C19H26N2O4. The predicted octanol–water partition coefficient (Wildman–Crippen LogP) is 2.65. The molecule has 1 N–H and O–H groups in total. The van der Waals surface area contributed by atoms with Crippen LogP contribution in [-0.4, -0.2) is 37.6 Å². The Morgan fingerprint density at radius 2 is 1.76 bits per heavy atom. The molecule has 6 heteroatoms. The Bertz CT molecular complexity index is 624.